The number of nitrogens with two attached hydrogens (primary N) is 1. The van der Waals surface area contributed by atoms with Crippen LogP contribution in [0.2, 0.25) is 0 Å². The Labute approximate surface area is 85.9 Å². The summed E-state index contributed by atoms with van der Waals surface area (Å²) < 4.78 is 21.5. The van der Waals surface area contributed by atoms with Gasteiger partial charge in [0.25, 0.3) is 0 Å². The van der Waals surface area contributed by atoms with Crippen LogP contribution in [0.25, 0.3) is 0 Å². The zero-order valence-corrected chi connectivity index (χ0v) is 9.63. The molecule has 0 saturated carbocycles. The standard InChI is InChI=1S/C8H19N3O2S/c1-10(2)8-3-4-11(7-8)5-6-14(9,12)13/h8H,3-7H2,1-2H3,(H2,9,12,13). The third-order valence-electron chi connectivity index (χ3n) is 2.67. The highest BCUT2D eigenvalue weighted by Crippen LogP contribution is 2.12. The summed E-state index contributed by atoms with van der Waals surface area (Å²) in [5.41, 5.74) is 0. The molecule has 0 amide bonds. The number of likely N-dealkylation sites (tertiary alicyclic amines) is 1. The van der Waals surface area contributed by atoms with E-state index in [1.54, 1.807) is 0 Å². The summed E-state index contributed by atoms with van der Waals surface area (Å²) in [6, 6.07) is 0.551. The maximum atomic E-state index is 10.7. The first kappa shape index (κ1) is 11.9. The molecule has 0 radical (unpaired) electrons. The highest BCUT2D eigenvalue weighted by Gasteiger charge is 2.24. The van der Waals surface area contributed by atoms with Crippen molar-refractivity contribution in [2.75, 3.05) is 39.5 Å². The maximum absolute atomic E-state index is 10.7. The average molecular weight is 221 g/mol. The molecule has 0 aliphatic carbocycles. The van der Waals surface area contributed by atoms with Crippen molar-refractivity contribution in [3.05, 3.63) is 0 Å². The van der Waals surface area contributed by atoms with Gasteiger partial charge in [-0.05, 0) is 27.1 Å². The Bertz CT molecular complexity index is 276. The number of likely N-dealkylation sites (N-methyl/N-ethyl adjacent to an activating group) is 1. The van der Waals surface area contributed by atoms with Crippen LogP contribution in [0.3, 0.4) is 0 Å². The zero-order chi connectivity index (χ0) is 10.8. The lowest BCUT2D eigenvalue weighted by Gasteiger charge is -2.19. The molecule has 1 heterocycles. The topological polar surface area (TPSA) is 66.6 Å². The summed E-state index contributed by atoms with van der Waals surface area (Å²) in [5, 5.41) is 4.94. The van der Waals surface area contributed by atoms with Gasteiger partial charge in [0.05, 0.1) is 5.75 Å². The molecule has 1 rings (SSSR count). The summed E-state index contributed by atoms with van der Waals surface area (Å²) >= 11 is 0. The van der Waals surface area contributed by atoms with Crippen LogP contribution in [-0.2, 0) is 10.0 Å². The molecule has 84 valence electrons. The molecule has 1 fully saturated rings. The van der Waals surface area contributed by atoms with Gasteiger partial charge in [-0.3, -0.25) is 0 Å². The van der Waals surface area contributed by atoms with E-state index >= 15 is 0 Å². The summed E-state index contributed by atoms with van der Waals surface area (Å²) in [5.74, 6) is 0.0626. The van der Waals surface area contributed by atoms with E-state index in [4.69, 9.17) is 5.14 Å². The largest absolute Gasteiger partial charge is 0.305 e. The van der Waals surface area contributed by atoms with Crippen molar-refractivity contribution in [3.63, 3.8) is 0 Å². The first-order valence-electron chi connectivity index (χ1n) is 4.78. The van der Waals surface area contributed by atoms with Gasteiger partial charge in [0.15, 0.2) is 0 Å². The minimum atomic E-state index is -3.30. The van der Waals surface area contributed by atoms with Gasteiger partial charge >= 0.3 is 0 Å². The number of nitrogens with zero attached hydrogens (tertiary/aromatic N) is 2. The Morgan fingerprint density at radius 2 is 2.14 bits per heavy atom. The highest BCUT2D eigenvalue weighted by molar-refractivity contribution is 7.89. The number of hydrogen-bond donors (Lipinski definition) is 1. The van der Waals surface area contributed by atoms with Crippen LogP contribution in [0.4, 0.5) is 0 Å². The molecular formula is C8H19N3O2S. The van der Waals surface area contributed by atoms with E-state index in [0.717, 1.165) is 19.5 Å². The molecule has 0 spiro atoms. The number of hydrogen-bond acceptors (Lipinski definition) is 4. The van der Waals surface area contributed by atoms with Gasteiger partial charge in [-0.15, -0.1) is 0 Å². The van der Waals surface area contributed by atoms with Crippen LogP contribution >= 0.6 is 0 Å². The van der Waals surface area contributed by atoms with E-state index in [0.29, 0.717) is 12.6 Å². The third-order valence-corrected chi connectivity index (χ3v) is 3.42. The number of rotatable bonds is 4. The molecule has 1 saturated heterocycles. The lowest BCUT2D eigenvalue weighted by Crippen LogP contribution is -2.34. The Morgan fingerprint density at radius 3 is 2.57 bits per heavy atom. The van der Waals surface area contributed by atoms with Crippen molar-refractivity contribution in [3.8, 4) is 0 Å². The monoisotopic (exact) mass is 221 g/mol. The Hall–Kier alpha value is -0.170. The Balaban J connectivity index is 2.30. The minimum absolute atomic E-state index is 0.0626. The second kappa shape index (κ2) is 4.57. The molecule has 1 unspecified atom stereocenters. The quantitative estimate of drug-likeness (QED) is 0.655. The molecule has 6 heteroatoms. The molecule has 5 nitrogen and oxygen atoms in total. The Kier molecular flexibility index (Phi) is 3.88. The van der Waals surface area contributed by atoms with Gasteiger partial charge in [-0.25, -0.2) is 13.6 Å². The molecule has 0 aromatic rings. The smallest absolute Gasteiger partial charge is 0.210 e. The fourth-order valence-corrected chi connectivity index (χ4v) is 2.21. The summed E-state index contributed by atoms with van der Waals surface area (Å²) in [4.78, 5) is 4.33. The highest BCUT2D eigenvalue weighted by atomic mass is 32.2. The second-order valence-corrected chi connectivity index (χ2v) is 5.81. The first-order chi connectivity index (χ1) is 6.38. The number of sulfonamides is 1. The fourth-order valence-electron chi connectivity index (χ4n) is 1.69. The van der Waals surface area contributed by atoms with Gasteiger partial charge in [0.2, 0.25) is 10.0 Å². The van der Waals surface area contributed by atoms with Gasteiger partial charge < -0.3 is 9.80 Å². The molecule has 14 heavy (non-hydrogen) atoms. The van der Waals surface area contributed by atoms with Gasteiger partial charge in [-0.1, -0.05) is 0 Å². The van der Waals surface area contributed by atoms with Gasteiger partial charge in [0.1, 0.15) is 0 Å². The van der Waals surface area contributed by atoms with E-state index in [1.807, 2.05) is 14.1 Å². The maximum Gasteiger partial charge on any atom is 0.210 e. The van der Waals surface area contributed by atoms with Crippen molar-refractivity contribution in [1.29, 1.82) is 0 Å². The van der Waals surface area contributed by atoms with Crippen LogP contribution in [0.15, 0.2) is 0 Å². The van der Waals surface area contributed by atoms with E-state index in [-0.39, 0.29) is 5.75 Å². The summed E-state index contributed by atoms with van der Waals surface area (Å²) in [6.45, 7) is 2.48. The molecular weight excluding hydrogens is 202 g/mol. The van der Waals surface area contributed by atoms with Crippen LogP contribution in [0, 0.1) is 0 Å². The number of primary sulfonamides is 1. The molecule has 1 atom stereocenters. The van der Waals surface area contributed by atoms with Crippen molar-refractivity contribution in [1.82, 2.24) is 9.80 Å². The van der Waals surface area contributed by atoms with Crippen LogP contribution in [-0.4, -0.2) is 63.7 Å². The van der Waals surface area contributed by atoms with E-state index < -0.39 is 10.0 Å². The fraction of sp³-hybridized carbons (Fsp3) is 1.00. The Morgan fingerprint density at radius 1 is 1.50 bits per heavy atom. The lowest BCUT2D eigenvalue weighted by atomic mass is 10.2. The van der Waals surface area contributed by atoms with Crippen molar-refractivity contribution in [2.24, 2.45) is 5.14 Å². The zero-order valence-electron chi connectivity index (χ0n) is 8.81. The predicted octanol–water partition coefficient (Wildman–Crippen LogP) is -1.09. The molecule has 0 bridgehead atoms. The van der Waals surface area contributed by atoms with Crippen molar-refractivity contribution >= 4 is 10.0 Å². The van der Waals surface area contributed by atoms with Gasteiger partial charge in [-0.2, -0.15) is 0 Å². The minimum Gasteiger partial charge on any atom is -0.305 e. The summed E-state index contributed by atoms with van der Waals surface area (Å²) in [7, 11) is 0.794. The second-order valence-electron chi connectivity index (χ2n) is 4.07. The SMILES string of the molecule is CN(C)C1CCN(CCS(N)(=O)=O)C1. The van der Waals surface area contributed by atoms with Crippen LogP contribution < -0.4 is 5.14 Å². The lowest BCUT2D eigenvalue weighted by molar-refractivity contribution is 0.275. The molecule has 1 aliphatic rings. The van der Waals surface area contributed by atoms with E-state index in [2.05, 4.69) is 9.80 Å². The summed E-state index contributed by atoms with van der Waals surface area (Å²) in [6.07, 6.45) is 1.11. The molecule has 1 aliphatic heterocycles. The van der Waals surface area contributed by atoms with Crippen LogP contribution in [0.5, 0.6) is 0 Å². The van der Waals surface area contributed by atoms with E-state index in [9.17, 15) is 8.42 Å². The predicted molar refractivity (Wildman–Crippen MR) is 56.5 cm³/mol. The molecule has 0 aromatic heterocycles. The van der Waals surface area contributed by atoms with Gasteiger partial charge in [0, 0.05) is 19.1 Å². The molecule has 2 N–H and O–H groups in total. The van der Waals surface area contributed by atoms with Crippen molar-refractivity contribution in [2.45, 2.75) is 12.5 Å². The van der Waals surface area contributed by atoms with Crippen molar-refractivity contribution < 1.29 is 8.42 Å². The van der Waals surface area contributed by atoms with Crippen LogP contribution in [0.1, 0.15) is 6.42 Å². The average Bonchev–Trinajstić information content (AvgIpc) is 2.47. The van der Waals surface area contributed by atoms with E-state index in [1.165, 1.54) is 0 Å². The first-order valence-corrected chi connectivity index (χ1v) is 6.49. The normalized spacial score (nSPS) is 24.7. The third kappa shape index (κ3) is 3.91. The molecule has 0 aromatic carbocycles.